The molecule has 0 saturated heterocycles. The Labute approximate surface area is 230 Å². The van der Waals surface area contributed by atoms with E-state index < -0.39 is 0 Å². The van der Waals surface area contributed by atoms with Gasteiger partial charge in [-0.3, -0.25) is 9.78 Å². The zero-order valence-electron chi connectivity index (χ0n) is 24.3. The molecular weight excluding hydrogens is 470 g/mol. The van der Waals surface area contributed by atoms with Crippen LogP contribution in [-0.2, 0) is 6.42 Å². The maximum atomic E-state index is 12.7. The number of phenolic OH excluding ortho intramolecular Hbond substituents is 1. The number of carbonyl (C=O) groups excluding carboxylic acids is 1. The van der Waals surface area contributed by atoms with Gasteiger partial charge in [-0.2, -0.15) is 0 Å². The van der Waals surface area contributed by atoms with Crippen LogP contribution in [0.15, 0.2) is 42.7 Å². The number of hydrogen-bond donors (Lipinski definition) is 1. The number of benzene rings is 1. The van der Waals surface area contributed by atoms with Crippen molar-refractivity contribution in [2.75, 3.05) is 0 Å². The minimum Gasteiger partial charge on any atom is -0.507 e. The van der Waals surface area contributed by atoms with E-state index in [-0.39, 0.29) is 17.1 Å². The molecule has 1 aromatic heterocycles. The van der Waals surface area contributed by atoms with Gasteiger partial charge in [-0.1, -0.05) is 78.7 Å². The van der Waals surface area contributed by atoms with Crippen LogP contribution < -0.4 is 4.74 Å². The molecule has 208 valence electrons. The Hall–Kier alpha value is -2.62. The van der Waals surface area contributed by atoms with E-state index in [2.05, 4.69) is 39.6 Å². The fourth-order valence-corrected chi connectivity index (χ4v) is 5.53. The summed E-state index contributed by atoms with van der Waals surface area (Å²) in [4.78, 5) is 16.8. The number of fused-ring (bicyclic) bond motifs is 1. The van der Waals surface area contributed by atoms with Crippen molar-refractivity contribution in [2.24, 2.45) is 17.8 Å². The average Bonchev–Trinajstić information content (AvgIpc) is 2.87. The van der Waals surface area contributed by atoms with Crippen LogP contribution in [0.4, 0.5) is 0 Å². The lowest BCUT2D eigenvalue weighted by molar-refractivity contribution is 0.0521. The van der Waals surface area contributed by atoms with Gasteiger partial charge in [-0.15, -0.1) is 0 Å². The van der Waals surface area contributed by atoms with E-state index >= 15 is 0 Å². The second kappa shape index (κ2) is 14.5. The van der Waals surface area contributed by atoms with Gasteiger partial charge < -0.3 is 9.84 Å². The number of rotatable bonds is 15. The molecule has 4 nitrogen and oxygen atoms in total. The third-order valence-electron chi connectivity index (χ3n) is 8.11. The van der Waals surface area contributed by atoms with Crippen molar-refractivity contribution >= 4 is 11.9 Å². The van der Waals surface area contributed by atoms with Crippen LogP contribution in [0.25, 0.3) is 6.08 Å². The van der Waals surface area contributed by atoms with Gasteiger partial charge >= 0.3 is 0 Å². The van der Waals surface area contributed by atoms with Crippen molar-refractivity contribution in [2.45, 2.75) is 111 Å². The molecule has 1 aliphatic heterocycles. The highest BCUT2D eigenvalue weighted by Crippen LogP contribution is 2.40. The van der Waals surface area contributed by atoms with E-state index in [1.165, 1.54) is 51.0 Å². The fraction of sp³-hybridized carbons (Fsp3) is 0.588. The highest BCUT2D eigenvalue weighted by atomic mass is 16.5. The van der Waals surface area contributed by atoms with Gasteiger partial charge in [0.05, 0.1) is 5.56 Å². The summed E-state index contributed by atoms with van der Waals surface area (Å²) in [5, 5.41) is 10.6. The minimum absolute atomic E-state index is 0.0270. The third-order valence-corrected chi connectivity index (χ3v) is 8.11. The van der Waals surface area contributed by atoms with Crippen molar-refractivity contribution in [3.8, 4) is 11.5 Å². The summed E-state index contributed by atoms with van der Waals surface area (Å²) in [6.45, 7) is 11.6. The molecule has 0 radical (unpaired) electrons. The van der Waals surface area contributed by atoms with Crippen molar-refractivity contribution in [1.29, 1.82) is 0 Å². The van der Waals surface area contributed by atoms with Crippen LogP contribution >= 0.6 is 0 Å². The highest BCUT2D eigenvalue weighted by molar-refractivity contribution is 6.08. The van der Waals surface area contributed by atoms with Crippen molar-refractivity contribution < 1.29 is 14.6 Å². The molecule has 0 amide bonds. The average molecular weight is 520 g/mol. The Morgan fingerprint density at radius 3 is 2.39 bits per heavy atom. The second-order valence-electron chi connectivity index (χ2n) is 12.4. The number of ketones is 1. The second-order valence-corrected chi connectivity index (χ2v) is 12.4. The number of aromatic nitrogens is 1. The Kier molecular flexibility index (Phi) is 11.4. The molecule has 1 aliphatic rings. The van der Waals surface area contributed by atoms with E-state index in [9.17, 15) is 9.90 Å². The summed E-state index contributed by atoms with van der Waals surface area (Å²) in [6, 6.07) is 7.14. The standard InChI is InChI=1S/C34H49NO3/c1-25(2)10-6-11-26(3)12-7-13-27(4)14-8-19-34(5)20-18-29-22-30(32(37)23-33(29)38-34)31(36)17-16-28-15-9-21-35-24-28/h9,15-17,21-27,37H,6-8,10-14,18-20H2,1-5H3/b17-16+. The molecule has 3 unspecified atom stereocenters. The molecule has 0 bridgehead atoms. The number of pyridine rings is 1. The summed E-state index contributed by atoms with van der Waals surface area (Å²) in [5.74, 6) is 2.88. The van der Waals surface area contributed by atoms with E-state index in [4.69, 9.17) is 4.74 Å². The molecule has 0 fully saturated rings. The zero-order valence-corrected chi connectivity index (χ0v) is 24.3. The van der Waals surface area contributed by atoms with Gasteiger partial charge in [-0.25, -0.2) is 0 Å². The maximum Gasteiger partial charge on any atom is 0.189 e. The molecule has 2 aromatic rings. The minimum atomic E-state index is -0.226. The number of phenols is 1. The topological polar surface area (TPSA) is 59.4 Å². The first-order valence-corrected chi connectivity index (χ1v) is 14.8. The summed E-state index contributed by atoms with van der Waals surface area (Å²) >= 11 is 0. The summed E-state index contributed by atoms with van der Waals surface area (Å²) in [6.07, 6.45) is 19.9. The van der Waals surface area contributed by atoms with Crippen LogP contribution in [-0.4, -0.2) is 21.5 Å². The first-order chi connectivity index (χ1) is 18.1. The lowest BCUT2D eigenvalue weighted by Crippen LogP contribution is -2.36. The lowest BCUT2D eigenvalue weighted by Gasteiger charge is -2.36. The monoisotopic (exact) mass is 519 g/mol. The van der Waals surface area contributed by atoms with Crippen LogP contribution in [0, 0.1) is 17.8 Å². The maximum absolute atomic E-state index is 12.7. The molecule has 0 aliphatic carbocycles. The molecule has 3 atom stereocenters. The quantitative estimate of drug-likeness (QED) is 0.188. The Bertz CT molecular complexity index is 1050. The SMILES string of the molecule is CC(C)CCCC(C)CCCC(C)CCCC1(C)CCc2cc(C(=O)/C=C/c3cccnc3)c(O)cc2O1. The molecule has 1 N–H and O–H groups in total. The summed E-state index contributed by atoms with van der Waals surface area (Å²) in [5.41, 5.74) is 1.93. The summed E-state index contributed by atoms with van der Waals surface area (Å²) in [7, 11) is 0. The van der Waals surface area contributed by atoms with Crippen LogP contribution in [0.2, 0.25) is 0 Å². The van der Waals surface area contributed by atoms with Crippen LogP contribution in [0.3, 0.4) is 0 Å². The van der Waals surface area contributed by atoms with Crippen LogP contribution in [0.1, 0.15) is 120 Å². The molecular formula is C34H49NO3. The molecule has 4 heteroatoms. The predicted molar refractivity (Wildman–Crippen MR) is 158 cm³/mol. The zero-order chi connectivity index (χ0) is 27.5. The number of carbonyl (C=O) groups is 1. The Balaban J connectivity index is 1.44. The predicted octanol–water partition coefficient (Wildman–Crippen LogP) is 9.21. The Morgan fingerprint density at radius 2 is 1.74 bits per heavy atom. The highest BCUT2D eigenvalue weighted by Gasteiger charge is 2.32. The van der Waals surface area contributed by atoms with Gasteiger partial charge in [0.1, 0.15) is 17.1 Å². The van der Waals surface area contributed by atoms with Crippen molar-refractivity contribution in [1.82, 2.24) is 4.98 Å². The number of aromatic hydroxyl groups is 1. The van der Waals surface area contributed by atoms with Crippen molar-refractivity contribution in [3.63, 3.8) is 0 Å². The lowest BCUT2D eigenvalue weighted by atomic mass is 9.85. The van der Waals surface area contributed by atoms with Gasteiger partial charge in [-0.05, 0) is 85.8 Å². The molecule has 38 heavy (non-hydrogen) atoms. The van der Waals surface area contributed by atoms with E-state index in [1.807, 2.05) is 12.1 Å². The molecule has 1 aromatic carbocycles. The van der Waals surface area contributed by atoms with Crippen molar-refractivity contribution in [3.05, 3.63) is 59.4 Å². The largest absolute Gasteiger partial charge is 0.507 e. The smallest absolute Gasteiger partial charge is 0.189 e. The number of nitrogens with zero attached hydrogens (tertiary/aromatic N) is 1. The van der Waals surface area contributed by atoms with Gasteiger partial charge in [0.2, 0.25) is 0 Å². The van der Waals surface area contributed by atoms with Gasteiger partial charge in [0, 0.05) is 18.5 Å². The number of allylic oxidation sites excluding steroid dienone is 1. The normalized spacial score (nSPS) is 18.8. The third kappa shape index (κ3) is 9.60. The van der Waals surface area contributed by atoms with Gasteiger partial charge in [0.25, 0.3) is 0 Å². The van der Waals surface area contributed by atoms with Gasteiger partial charge in [0.15, 0.2) is 5.78 Å². The molecule has 2 heterocycles. The first-order valence-electron chi connectivity index (χ1n) is 14.8. The number of aryl methyl sites for hydroxylation is 1. The Morgan fingerprint density at radius 1 is 1.05 bits per heavy atom. The first kappa shape index (κ1) is 29.9. The van der Waals surface area contributed by atoms with E-state index in [0.29, 0.717) is 11.3 Å². The number of hydrogen-bond acceptors (Lipinski definition) is 4. The fourth-order valence-electron chi connectivity index (χ4n) is 5.53. The van der Waals surface area contributed by atoms with Crippen LogP contribution in [0.5, 0.6) is 11.5 Å². The molecule has 3 rings (SSSR count). The molecule has 0 saturated carbocycles. The molecule has 0 spiro atoms. The van der Waals surface area contributed by atoms with E-state index in [0.717, 1.165) is 54.6 Å². The number of ether oxygens (including phenoxy) is 1. The van der Waals surface area contributed by atoms with E-state index in [1.54, 1.807) is 30.6 Å². The summed E-state index contributed by atoms with van der Waals surface area (Å²) < 4.78 is 6.42.